The van der Waals surface area contributed by atoms with E-state index in [4.69, 9.17) is 5.73 Å². The highest BCUT2D eigenvalue weighted by molar-refractivity contribution is 5.73. The summed E-state index contributed by atoms with van der Waals surface area (Å²) in [6, 6.07) is 0.652. The van der Waals surface area contributed by atoms with Crippen molar-refractivity contribution in [2.45, 2.75) is 52.0 Å². The van der Waals surface area contributed by atoms with Crippen molar-refractivity contribution in [1.29, 1.82) is 0 Å². The number of nitrogens with two attached hydrogens (primary N) is 1. The monoisotopic (exact) mass is 281 g/mol. The molecule has 4 nitrogen and oxygen atoms in total. The van der Waals surface area contributed by atoms with Gasteiger partial charge in [0.15, 0.2) is 0 Å². The molecule has 1 aliphatic carbocycles. The van der Waals surface area contributed by atoms with Gasteiger partial charge in [0.25, 0.3) is 0 Å². The third-order valence-electron chi connectivity index (χ3n) is 5.29. The minimum absolute atomic E-state index is 0.215. The summed E-state index contributed by atoms with van der Waals surface area (Å²) in [7, 11) is 0. The number of carbonyl (C=O) groups is 1. The van der Waals surface area contributed by atoms with E-state index in [0.29, 0.717) is 12.0 Å². The second kappa shape index (κ2) is 7.41. The standard InChI is InChI=1S/C16H31N3O/c1-3-4-14-5-6-15(12-17)16(11-14)19-9-7-18(8-10-19)13(2)20/h14-16H,3-12,17H2,1-2H3. The van der Waals surface area contributed by atoms with Crippen molar-refractivity contribution in [3.63, 3.8) is 0 Å². The zero-order valence-corrected chi connectivity index (χ0v) is 13.2. The summed E-state index contributed by atoms with van der Waals surface area (Å²) in [5, 5.41) is 0. The van der Waals surface area contributed by atoms with Gasteiger partial charge in [-0.2, -0.15) is 0 Å². The van der Waals surface area contributed by atoms with E-state index in [1.165, 1.54) is 32.1 Å². The first kappa shape index (κ1) is 15.8. The SMILES string of the molecule is CCCC1CCC(CN)C(N2CCN(C(C)=O)CC2)C1. The molecule has 1 aliphatic heterocycles. The van der Waals surface area contributed by atoms with Gasteiger partial charge in [-0.25, -0.2) is 0 Å². The molecular formula is C16H31N3O. The first-order valence-corrected chi connectivity index (χ1v) is 8.35. The lowest BCUT2D eigenvalue weighted by Gasteiger charge is -2.46. The van der Waals surface area contributed by atoms with Gasteiger partial charge in [0, 0.05) is 39.1 Å². The number of hydrogen-bond acceptors (Lipinski definition) is 3. The van der Waals surface area contributed by atoms with E-state index in [2.05, 4.69) is 11.8 Å². The number of carbonyl (C=O) groups excluding carboxylic acids is 1. The van der Waals surface area contributed by atoms with Gasteiger partial charge in [-0.05, 0) is 31.2 Å². The summed E-state index contributed by atoms with van der Waals surface area (Å²) in [4.78, 5) is 16.0. The summed E-state index contributed by atoms with van der Waals surface area (Å²) >= 11 is 0. The van der Waals surface area contributed by atoms with E-state index < -0.39 is 0 Å². The van der Waals surface area contributed by atoms with Crippen LogP contribution in [0.5, 0.6) is 0 Å². The van der Waals surface area contributed by atoms with Crippen LogP contribution in [-0.2, 0) is 4.79 Å². The van der Waals surface area contributed by atoms with Crippen molar-refractivity contribution >= 4 is 5.91 Å². The van der Waals surface area contributed by atoms with Crippen LogP contribution in [-0.4, -0.2) is 54.5 Å². The molecule has 2 fully saturated rings. The van der Waals surface area contributed by atoms with Gasteiger partial charge in [-0.1, -0.05) is 26.2 Å². The maximum absolute atomic E-state index is 11.4. The van der Waals surface area contributed by atoms with Crippen LogP contribution in [0.15, 0.2) is 0 Å². The average molecular weight is 281 g/mol. The molecule has 2 rings (SSSR count). The third-order valence-corrected chi connectivity index (χ3v) is 5.29. The molecule has 1 saturated carbocycles. The Morgan fingerprint density at radius 3 is 2.45 bits per heavy atom. The van der Waals surface area contributed by atoms with Crippen LogP contribution >= 0.6 is 0 Å². The molecular weight excluding hydrogens is 250 g/mol. The van der Waals surface area contributed by atoms with Gasteiger partial charge in [0.2, 0.25) is 5.91 Å². The van der Waals surface area contributed by atoms with Crippen molar-refractivity contribution < 1.29 is 4.79 Å². The Morgan fingerprint density at radius 2 is 1.90 bits per heavy atom. The summed E-state index contributed by atoms with van der Waals surface area (Å²) in [5.41, 5.74) is 6.00. The Labute approximate surface area is 123 Å². The van der Waals surface area contributed by atoms with Crippen LogP contribution in [0.25, 0.3) is 0 Å². The van der Waals surface area contributed by atoms with E-state index in [1.807, 2.05) is 4.90 Å². The fourth-order valence-corrected chi connectivity index (χ4v) is 4.06. The van der Waals surface area contributed by atoms with E-state index >= 15 is 0 Å². The average Bonchev–Trinajstić information content (AvgIpc) is 2.47. The Bertz CT molecular complexity index is 313. The highest BCUT2D eigenvalue weighted by Crippen LogP contribution is 2.34. The highest BCUT2D eigenvalue weighted by Gasteiger charge is 2.34. The normalized spacial score (nSPS) is 32.4. The lowest BCUT2D eigenvalue weighted by Crippen LogP contribution is -2.55. The van der Waals surface area contributed by atoms with Crippen molar-refractivity contribution in [3.05, 3.63) is 0 Å². The number of hydrogen-bond donors (Lipinski definition) is 1. The Hall–Kier alpha value is -0.610. The molecule has 0 aromatic heterocycles. The molecule has 1 amide bonds. The van der Waals surface area contributed by atoms with Gasteiger partial charge in [0.1, 0.15) is 0 Å². The van der Waals surface area contributed by atoms with Gasteiger partial charge >= 0.3 is 0 Å². The van der Waals surface area contributed by atoms with Crippen LogP contribution in [0.4, 0.5) is 0 Å². The summed E-state index contributed by atoms with van der Waals surface area (Å²) in [6.07, 6.45) is 6.62. The Kier molecular flexibility index (Phi) is 5.85. The molecule has 3 atom stereocenters. The molecule has 20 heavy (non-hydrogen) atoms. The molecule has 0 aromatic carbocycles. The van der Waals surface area contributed by atoms with E-state index in [-0.39, 0.29) is 5.91 Å². The zero-order valence-electron chi connectivity index (χ0n) is 13.2. The van der Waals surface area contributed by atoms with Gasteiger partial charge in [0.05, 0.1) is 0 Å². The third kappa shape index (κ3) is 3.73. The molecule has 2 N–H and O–H groups in total. The molecule has 1 saturated heterocycles. The van der Waals surface area contributed by atoms with E-state index in [9.17, 15) is 4.79 Å². The molecule has 116 valence electrons. The van der Waals surface area contributed by atoms with Crippen LogP contribution in [0, 0.1) is 11.8 Å². The summed E-state index contributed by atoms with van der Waals surface area (Å²) in [6.45, 7) is 8.62. The number of nitrogens with zero attached hydrogens (tertiary/aromatic N) is 2. The minimum atomic E-state index is 0.215. The second-order valence-corrected chi connectivity index (χ2v) is 6.57. The highest BCUT2D eigenvalue weighted by atomic mass is 16.2. The van der Waals surface area contributed by atoms with Crippen LogP contribution in [0.3, 0.4) is 0 Å². The summed E-state index contributed by atoms with van der Waals surface area (Å²) in [5.74, 6) is 1.76. The number of piperazine rings is 1. The molecule has 4 heteroatoms. The molecule has 3 unspecified atom stereocenters. The van der Waals surface area contributed by atoms with Crippen molar-refractivity contribution in [3.8, 4) is 0 Å². The maximum atomic E-state index is 11.4. The van der Waals surface area contributed by atoms with Crippen molar-refractivity contribution in [2.24, 2.45) is 17.6 Å². The van der Waals surface area contributed by atoms with Gasteiger partial charge in [-0.15, -0.1) is 0 Å². The largest absolute Gasteiger partial charge is 0.340 e. The summed E-state index contributed by atoms with van der Waals surface area (Å²) < 4.78 is 0. The predicted octanol–water partition coefficient (Wildman–Crippen LogP) is 1.69. The smallest absolute Gasteiger partial charge is 0.219 e. The molecule has 0 spiro atoms. The van der Waals surface area contributed by atoms with Crippen LogP contribution in [0.1, 0.15) is 46.0 Å². The second-order valence-electron chi connectivity index (χ2n) is 6.57. The van der Waals surface area contributed by atoms with E-state index in [0.717, 1.165) is 38.6 Å². The molecule has 0 aromatic rings. The van der Waals surface area contributed by atoms with Crippen LogP contribution < -0.4 is 5.73 Å². The fraction of sp³-hybridized carbons (Fsp3) is 0.938. The molecule has 1 heterocycles. The number of rotatable bonds is 4. The minimum Gasteiger partial charge on any atom is -0.340 e. The molecule has 0 radical (unpaired) electrons. The van der Waals surface area contributed by atoms with Gasteiger partial charge in [-0.3, -0.25) is 9.69 Å². The lowest BCUT2D eigenvalue weighted by molar-refractivity contribution is -0.131. The van der Waals surface area contributed by atoms with Crippen molar-refractivity contribution in [2.75, 3.05) is 32.7 Å². The first-order valence-electron chi connectivity index (χ1n) is 8.35. The van der Waals surface area contributed by atoms with Gasteiger partial charge < -0.3 is 10.6 Å². The lowest BCUT2D eigenvalue weighted by atomic mass is 9.76. The fourth-order valence-electron chi connectivity index (χ4n) is 4.06. The Balaban J connectivity index is 1.92. The van der Waals surface area contributed by atoms with E-state index in [1.54, 1.807) is 6.92 Å². The van der Waals surface area contributed by atoms with Crippen molar-refractivity contribution in [1.82, 2.24) is 9.80 Å². The quantitative estimate of drug-likeness (QED) is 0.853. The zero-order chi connectivity index (χ0) is 14.5. The topological polar surface area (TPSA) is 49.6 Å². The first-order chi connectivity index (χ1) is 9.65. The maximum Gasteiger partial charge on any atom is 0.219 e. The molecule has 0 bridgehead atoms. The Morgan fingerprint density at radius 1 is 1.20 bits per heavy atom. The number of amides is 1. The molecule has 2 aliphatic rings. The van der Waals surface area contributed by atoms with Crippen LogP contribution in [0.2, 0.25) is 0 Å². The predicted molar refractivity (Wildman–Crippen MR) is 82.4 cm³/mol.